The summed E-state index contributed by atoms with van der Waals surface area (Å²) in [7, 11) is 0. The highest BCUT2D eigenvalue weighted by Crippen LogP contribution is 2.32. The average molecular weight is 425 g/mol. The van der Waals surface area contributed by atoms with Gasteiger partial charge in [-0.25, -0.2) is 4.98 Å². The summed E-state index contributed by atoms with van der Waals surface area (Å²) in [6.07, 6.45) is 13.8. The Morgan fingerprint density at radius 2 is 2.00 bits per heavy atom. The van der Waals surface area contributed by atoms with E-state index in [2.05, 4.69) is 63.2 Å². The molecule has 32 heavy (non-hydrogen) atoms. The fourth-order valence-electron chi connectivity index (χ4n) is 4.40. The van der Waals surface area contributed by atoms with Crippen molar-refractivity contribution in [1.29, 1.82) is 0 Å². The van der Waals surface area contributed by atoms with Crippen LogP contribution in [0.5, 0.6) is 0 Å². The van der Waals surface area contributed by atoms with Gasteiger partial charge < -0.3 is 9.88 Å². The predicted molar refractivity (Wildman–Crippen MR) is 130 cm³/mol. The highest BCUT2D eigenvalue weighted by Gasteiger charge is 2.20. The van der Waals surface area contributed by atoms with Crippen molar-refractivity contribution >= 4 is 16.7 Å². The summed E-state index contributed by atoms with van der Waals surface area (Å²) in [4.78, 5) is 15.2. The van der Waals surface area contributed by atoms with Gasteiger partial charge in [-0.05, 0) is 69.5 Å². The van der Waals surface area contributed by atoms with E-state index in [1.54, 1.807) is 6.20 Å². The summed E-state index contributed by atoms with van der Waals surface area (Å²) in [6, 6.07) is 10.2. The van der Waals surface area contributed by atoms with Crippen molar-refractivity contribution in [3.63, 3.8) is 0 Å². The maximum atomic E-state index is 4.92. The monoisotopic (exact) mass is 424 g/mol. The predicted octanol–water partition coefficient (Wildman–Crippen LogP) is 5.73. The van der Waals surface area contributed by atoms with Crippen molar-refractivity contribution in [1.82, 2.24) is 30.0 Å². The highest BCUT2D eigenvalue weighted by molar-refractivity contribution is 5.91. The smallest absolute Gasteiger partial charge is 0.135 e. The zero-order valence-corrected chi connectivity index (χ0v) is 18.6. The third-order valence-corrected chi connectivity index (χ3v) is 6.05. The Morgan fingerprint density at radius 1 is 1.12 bits per heavy atom. The van der Waals surface area contributed by atoms with Gasteiger partial charge in [0.05, 0.1) is 16.9 Å². The Bertz CT molecular complexity index is 1270. The molecule has 0 atom stereocenters. The summed E-state index contributed by atoms with van der Waals surface area (Å²) < 4.78 is 0. The molecule has 5 heterocycles. The third kappa shape index (κ3) is 3.84. The summed E-state index contributed by atoms with van der Waals surface area (Å²) in [5.74, 6) is 0. The fourth-order valence-corrected chi connectivity index (χ4v) is 4.40. The van der Waals surface area contributed by atoms with Crippen LogP contribution in [0.2, 0.25) is 0 Å². The second-order valence-electron chi connectivity index (χ2n) is 8.25. The molecule has 1 fully saturated rings. The maximum Gasteiger partial charge on any atom is 0.135 e. The number of hydrogen-bond donors (Lipinski definition) is 2. The average Bonchev–Trinajstić information content (AvgIpc) is 3.43. The first-order valence-electron chi connectivity index (χ1n) is 11.3. The molecular weight excluding hydrogens is 396 g/mol. The molecule has 6 heteroatoms. The molecule has 0 saturated carbocycles. The number of nitrogens with zero attached hydrogens (tertiary/aromatic N) is 4. The van der Waals surface area contributed by atoms with E-state index >= 15 is 0 Å². The number of piperidine rings is 1. The van der Waals surface area contributed by atoms with Gasteiger partial charge in [-0.15, -0.1) is 0 Å². The lowest BCUT2D eigenvalue weighted by Gasteiger charge is -2.31. The third-order valence-electron chi connectivity index (χ3n) is 6.05. The number of nitrogens with one attached hydrogen (secondary N) is 2. The lowest BCUT2D eigenvalue weighted by molar-refractivity contribution is 0.326. The normalized spacial score (nSPS) is 15.2. The molecule has 4 aromatic heterocycles. The Balaban J connectivity index is 1.57. The largest absolute Gasteiger partial charge is 0.371 e. The van der Waals surface area contributed by atoms with Gasteiger partial charge in [0.25, 0.3) is 0 Å². The molecule has 0 aliphatic carbocycles. The van der Waals surface area contributed by atoms with Crippen molar-refractivity contribution in [2.24, 2.45) is 0 Å². The van der Waals surface area contributed by atoms with E-state index in [0.717, 1.165) is 52.5 Å². The van der Waals surface area contributed by atoms with Crippen molar-refractivity contribution in [3.8, 4) is 22.6 Å². The first kappa shape index (κ1) is 20.2. The molecule has 1 aliphatic heterocycles. The SMILES string of the molecule is C/C=C\C=C(/c1cc(-c2n[nH]c3ccc(-c4cccnc4)nc23)[nH]c1C)N1CCCCC1. The van der Waals surface area contributed by atoms with E-state index in [9.17, 15) is 0 Å². The Kier molecular flexibility index (Phi) is 5.58. The van der Waals surface area contributed by atoms with E-state index in [1.165, 1.54) is 30.5 Å². The van der Waals surface area contributed by atoms with Crippen LogP contribution in [0.1, 0.15) is 37.4 Å². The number of likely N-dealkylation sites (tertiary alicyclic amines) is 1. The fraction of sp³-hybridized carbons (Fsp3) is 0.269. The van der Waals surface area contributed by atoms with Gasteiger partial charge in [0.1, 0.15) is 11.2 Å². The van der Waals surface area contributed by atoms with Crippen LogP contribution in [0.3, 0.4) is 0 Å². The number of fused-ring (bicyclic) bond motifs is 1. The quantitative estimate of drug-likeness (QED) is 0.402. The van der Waals surface area contributed by atoms with Crippen molar-refractivity contribution in [2.45, 2.75) is 33.1 Å². The molecule has 4 aromatic rings. The Labute approximate surface area is 188 Å². The van der Waals surface area contributed by atoms with Crippen LogP contribution < -0.4 is 0 Å². The summed E-state index contributed by atoms with van der Waals surface area (Å²) in [6.45, 7) is 6.39. The first-order valence-corrected chi connectivity index (χ1v) is 11.3. The minimum absolute atomic E-state index is 0.837. The van der Waals surface area contributed by atoms with Crippen molar-refractivity contribution < 1.29 is 0 Å². The lowest BCUT2D eigenvalue weighted by atomic mass is 10.1. The van der Waals surface area contributed by atoms with Crippen LogP contribution in [0.25, 0.3) is 39.4 Å². The minimum atomic E-state index is 0.837. The van der Waals surface area contributed by atoms with E-state index in [-0.39, 0.29) is 0 Å². The topological polar surface area (TPSA) is 73.5 Å². The van der Waals surface area contributed by atoms with E-state index in [0.29, 0.717) is 0 Å². The van der Waals surface area contributed by atoms with Gasteiger partial charge in [0.2, 0.25) is 0 Å². The van der Waals surface area contributed by atoms with Crippen molar-refractivity contribution in [2.75, 3.05) is 13.1 Å². The van der Waals surface area contributed by atoms with Gasteiger partial charge in [-0.1, -0.05) is 12.2 Å². The summed E-state index contributed by atoms with van der Waals surface area (Å²) >= 11 is 0. The van der Waals surface area contributed by atoms with Crippen LogP contribution in [0.4, 0.5) is 0 Å². The van der Waals surface area contributed by atoms with Gasteiger partial charge in [0.15, 0.2) is 0 Å². The van der Waals surface area contributed by atoms with Gasteiger partial charge in [-0.3, -0.25) is 10.1 Å². The second kappa shape index (κ2) is 8.83. The number of aryl methyl sites for hydroxylation is 1. The molecule has 1 saturated heterocycles. The van der Waals surface area contributed by atoms with Gasteiger partial charge in [-0.2, -0.15) is 5.10 Å². The molecule has 1 aliphatic rings. The van der Waals surface area contributed by atoms with Gasteiger partial charge in [0, 0.05) is 48.0 Å². The van der Waals surface area contributed by atoms with Gasteiger partial charge >= 0.3 is 0 Å². The molecule has 0 unspecified atom stereocenters. The first-order chi connectivity index (χ1) is 15.7. The molecule has 0 aromatic carbocycles. The zero-order chi connectivity index (χ0) is 21.9. The molecule has 0 amide bonds. The number of rotatable bonds is 5. The Morgan fingerprint density at radius 3 is 2.78 bits per heavy atom. The van der Waals surface area contributed by atoms with Crippen LogP contribution in [0.15, 0.2) is 61.0 Å². The number of allylic oxidation sites excluding steroid dienone is 3. The van der Waals surface area contributed by atoms with E-state index in [4.69, 9.17) is 4.98 Å². The Hall–Kier alpha value is -3.67. The summed E-state index contributed by atoms with van der Waals surface area (Å²) in [5, 5.41) is 7.74. The molecule has 0 bridgehead atoms. The standard InChI is InChI=1S/C26H28N6/c1-3-4-10-24(32-14-6-5-7-15-32)20-16-23(28-18(20)2)26-25-22(30-31-26)12-11-21(29-25)19-9-8-13-27-17-19/h3-4,8-13,16-17,28H,5-7,14-15H2,1-2H3,(H,30,31)/b4-3-,24-10+. The molecule has 2 N–H and O–H groups in total. The summed E-state index contributed by atoms with van der Waals surface area (Å²) in [5.41, 5.74) is 9.10. The number of aromatic amines is 2. The van der Waals surface area contributed by atoms with E-state index in [1.807, 2.05) is 30.5 Å². The molecule has 5 rings (SSSR count). The molecule has 0 spiro atoms. The van der Waals surface area contributed by atoms with E-state index < -0.39 is 0 Å². The van der Waals surface area contributed by atoms with Crippen molar-refractivity contribution in [3.05, 3.63) is 72.2 Å². The minimum Gasteiger partial charge on any atom is -0.371 e. The molecule has 6 nitrogen and oxygen atoms in total. The number of pyridine rings is 2. The van der Waals surface area contributed by atoms with Crippen LogP contribution >= 0.6 is 0 Å². The maximum absolute atomic E-state index is 4.92. The van der Waals surface area contributed by atoms with Crippen LogP contribution in [-0.4, -0.2) is 43.1 Å². The highest BCUT2D eigenvalue weighted by atomic mass is 15.1. The number of H-pyrrole nitrogens is 2. The number of aromatic nitrogens is 5. The lowest BCUT2D eigenvalue weighted by Crippen LogP contribution is -2.28. The molecule has 0 radical (unpaired) electrons. The molecular formula is C26H28N6. The van der Waals surface area contributed by atoms with Crippen LogP contribution in [0, 0.1) is 6.92 Å². The molecule has 162 valence electrons. The second-order valence-corrected chi connectivity index (χ2v) is 8.25. The number of hydrogen-bond acceptors (Lipinski definition) is 4. The van der Waals surface area contributed by atoms with Crippen LogP contribution in [-0.2, 0) is 0 Å². The zero-order valence-electron chi connectivity index (χ0n) is 18.6.